The topological polar surface area (TPSA) is 132 Å². The highest BCUT2D eigenvalue weighted by atomic mass is 16.6. The van der Waals surface area contributed by atoms with Crippen LogP contribution in [0.5, 0.6) is 0 Å². The molecular formula is C27H38N6O5. The van der Waals surface area contributed by atoms with Gasteiger partial charge in [-0.1, -0.05) is 12.1 Å². The number of benzene rings is 1. The third-order valence-corrected chi connectivity index (χ3v) is 8.31. The summed E-state index contributed by atoms with van der Waals surface area (Å²) in [5, 5.41) is 3.14. The molecule has 1 aromatic carbocycles. The number of imidazole rings is 1. The minimum Gasteiger partial charge on any atom is -0.449 e. The van der Waals surface area contributed by atoms with Crippen molar-refractivity contribution in [2.24, 2.45) is 5.73 Å². The molecule has 11 heteroatoms. The molecule has 38 heavy (non-hydrogen) atoms. The molecule has 4 heterocycles. The summed E-state index contributed by atoms with van der Waals surface area (Å²) >= 11 is 0. The van der Waals surface area contributed by atoms with E-state index in [0.717, 1.165) is 44.2 Å². The van der Waals surface area contributed by atoms with E-state index in [1.54, 1.807) is 4.57 Å². The number of piperidine rings is 1. The molecule has 0 aliphatic carbocycles. The first-order chi connectivity index (χ1) is 18.3. The summed E-state index contributed by atoms with van der Waals surface area (Å²) in [7, 11) is 0. The molecule has 3 atom stereocenters. The molecule has 3 aliphatic rings. The van der Waals surface area contributed by atoms with E-state index in [2.05, 4.69) is 10.2 Å². The van der Waals surface area contributed by atoms with Gasteiger partial charge >= 0.3 is 17.8 Å². The molecule has 2 unspecified atom stereocenters. The van der Waals surface area contributed by atoms with Crippen molar-refractivity contribution in [3.8, 4) is 0 Å². The van der Waals surface area contributed by atoms with Gasteiger partial charge in [0.2, 0.25) is 5.91 Å². The fraction of sp³-hybridized carbons (Fsp3) is 0.630. The molecule has 2 aromatic rings. The number of likely N-dealkylation sites (tertiary alicyclic amines) is 1. The van der Waals surface area contributed by atoms with Gasteiger partial charge < -0.3 is 15.8 Å². The molecule has 3 aliphatic heterocycles. The first-order valence-corrected chi connectivity index (χ1v) is 13.8. The monoisotopic (exact) mass is 526 g/mol. The Balaban J connectivity index is 1.14. The standard InChI is InChI=1S/C27H38N6O5/c1-17(2)32-21-7-3-4-8-22(21)33(26(32)36)25(35)29-18-15-19-10-11-20(16-18)30(19)13-6-14-38-27(37)31-12-5-9-23(31)24(28)34/h3-4,7-8,17-20,23H,5-6,9-16H2,1-2H3,(H2,28,34)(H,29,35)/t18?,19?,20?,23-/m1/s1. The van der Waals surface area contributed by atoms with Crippen LogP contribution in [0.3, 0.4) is 0 Å². The number of amides is 3. The number of primary amides is 1. The number of hydrogen-bond donors (Lipinski definition) is 2. The van der Waals surface area contributed by atoms with E-state index in [4.69, 9.17) is 10.5 Å². The summed E-state index contributed by atoms with van der Waals surface area (Å²) in [6, 6.07) is 7.11. The lowest BCUT2D eigenvalue weighted by atomic mass is 9.97. The zero-order chi connectivity index (χ0) is 27.0. The number of fused-ring (bicyclic) bond motifs is 3. The number of hydrogen-bond acceptors (Lipinski definition) is 6. The fourth-order valence-corrected chi connectivity index (χ4v) is 6.63. The zero-order valence-electron chi connectivity index (χ0n) is 22.2. The SMILES string of the molecule is CC(C)n1c(=O)n(C(=O)NC2CC3CCC(C2)N3CCCOC(=O)N2CCC[C@@H]2C(N)=O)c2ccccc21. The van der Waals surface area contributed by atoms with Crippen LogP contribution in [0.4, 0.5) is 9.59 Å². The number of carbonyl (C=O) groups excluding carboxylic acids is 3. The van der Waals surface area contributed by atoms with Crippen LogP contribution >= 0.6 is 0 Å². The van der Waals surface area contributed by atoms with Crippen LogP contribution in [0.25, 0.3) is 11.0 Å². The van der Waals surface area contributed by atoms with Crippen molar-refractivity contribution in [3.05, 3.63) is 34.7 Å². The Morgan fingerprint density at radius 3 is 2.42 bits per heavy atom. The lowest BCUT2D eigenvalue weighted by molar-refractivity contribution is -0.121. The van der Waals surface area contributed by atoms with Crippen LogP contribution in [0.1, 0.15) is 64.8 Å². The third kappa shape index (κ3) is 4.91. The average Bonchev–Trinajstić information content (AvgIpc) is 3.54. The number of nitrogens with two attached hydrogens (primary N) is 1. The third-order valence-electron chi connectivity index (χ3n) is 8.31. The van der Waals surface area contributed by atoms with Gasteiger partial charge in [0, 0.05) is 37.3 Å². The normalized spacial score (nSPS) is 25.3. The van der Waals surface area contributed by atoms with Gasteiger partial charge in [0.1, 0.15) is 6.04 Å². The van der Waals surface area contributed by atoms with Gasteiger partial charge in [-0.25, -0.2) is 19.0 Å². The minimum absolute atomic E-state index is 0.00281. The van der Waals surface area contributed by atoms with Gasteiger partial charge in [0.25, 0.3) is 0 Å². The molecule has 0 radical (unpaired) electrons. The largest absolute Gasteiger partial charge is 0.449 e. The number of para-hydroxylation sites is 2. The summed E-state index contributed by atoms with van der Waals surface area (Å²) in [4.78, 5) is 54.2. The Kier molecular flexibility index (Phi) is 7.47. The van der Waals surface area contributed by atoms with Crippen molar-refractivity contribution < 1.29 is 19.1 Å². The number of rotatable bonds is 7. The Morgan fingerprint density at radius 1 is 1.08 bits per heavy atom. The quantitative estimate of drug-likeness (QED) is 0.533. The number of carbonyl (C=O) groups is 3. The van der Waals surface area contributed by atoms with E-state index in [1.165, 1.54) is 9.47 Å². The minimum atomic E-state index is -0.564. The summed E-state index contributed by atoms with van der Waals surface area (Å²) in [5.41, 5.74) is 6.46. The summed E-state index contributed by atoms with van der Waals surface area (Å²) in [5.74, 6) is -0.485. The number of nitrogens with zero attached hydrogens (tertiary/aromatic N) is 4. The second-order valence-corrected chi connectivity index (χ2v) is 11.0. The molecule has 3 saturated heterocycles. The Hall–Kier alpha value is -3.34. The highest BCUT2D eigenvalue weighted by Crippen LogP contribution is 2.36. The molecule has 3 fully saturated rings. The predicted molar refractivity (Wildman–Crippen MR) is 142 cm³/mol. The number of aromatic nitrogens is 2. The van der Waals surface area contributed by atoms with Gasteiger partial charge in [-0.05, 0) is 70.9 Å². The Bertz CT molecular complexity index is 1250. The molecule has 2 bridgehead atoms. The van der Waals surface area contributed by atoms with E-state index >= 15 is 0 Å². The second-order valence-electron chi connectivity index (χ2n) is 11.0. The highest BCUT2D eigenvalue weighted by Gasteiger charge is 2.41. The van der Waals surface area contributed by atoms with Crippen molar-refractivity contribution in [1.29, 1.82) is 0 Å². The van der Waals surface area contributed by atoms with E-state index < -0.39 is 18.0 Å². The van der Waals surface area contributed by atoms with E-state index in [1.807, 2.05) is 38.1 Å². The summed E-state index contributed by atoms with van der Waals surface area (Å²) in [6.07, 6.45) is 5.37. The van der Waals surface area contributed by atoms with E-state index in [9.17, 15) is 19.2 Å². The molecular weight excluding hydrogens is 488 g/mol. The molecule has 5 rings (SSSR count). The fourth-order valence-electron chi connectivity index (χ4n) is 6.63. The smallest absolute Gasteiger partial charge is 0.410 e. The molecule has 11 nitrogen and oxygen atoms in total. The maximum absolute atomic E-state index is 13.3. The molecule has 3 amide bonds. The van der Waals surface area contributed by atoms with Crippen molar-refractivity contribution in [3.63, 3.8) is 0 Å². The van der Waals surface area contributed by atoms with Crippen LogP contribution in [0.2, 0.25) is 0 Å². The van der Waals surface area contributed by atoms with Crippen molar-refractivity contribution in [2.75, 3.05) is 19.7 Å². The highest BCUT2D eigenvalue weighted by molar-refractivity contribution is 5.89. The maximum Gasteiger partial charge on any atom is 0.410 e. The van der Waals surface area contributed by atoms with E-state index in [0.29, 0.717) is 43.6 Å². The van der Waals surface area contributed by atoms with E-state index in [-0.39, 0.29) is 23.8 Å². The number of nitrogens with one attached hydrogen (secondary N) is 1. The van der Waals surface area contributed by atoms with Gasteiger partial charge in [-0.15, -0.1) is 0 Å². The lowest BCUT2D eigenvalue weighted by Crippen LogP contribution is -2.52. The van der Waals surface area contributed by atoms with Gasteiger partial charge in [0.15, 0.2) is 0 Å². The van der Waals surface area contributed by atoms with Crippen LogP contribution in [0, 0.1) is 0 Å². The molecule has 0 saturated carbocycles. The summed E-state index contributed by atoms with van der Waals surface area (Å²) < 4.78 is 8.36. The molecule has 0 spiro atoms. The first kappa shape index (κ1) is 26.3. The van der Waals surface area contributed by atoms with Gasteiger partial charge in [0.05, 0.1) is 17.6 Å². The van der Waals surface area contributed by atoms with Crippen molar-refractivity contribution in [2.45, 2.75) is 89.0 Å². The average molecular weight is 527 g/mol. The van der Waals surface area contributed by atoms with Crippen molar-refractivity contribution >= 4 is 29.1 Å². The molecule has 1 aromatic heterocycles. The van der Waals surface area contributed by atoms with Crippen LogP contribution in [0.15, 0.2) is 29.1 Å². The Morgan fingerprint density at radius 2 is 1.76 bits per heavy atom. The zero-order valence-corrected chi connectivity index (χ0v) is 22.2. The second kappa shape index (κ2) is 10.8. The van der Waals surface area contributed by atoms with Crippen LogP contribution in [-0.2, 0) is 9.53 Å². The van der Waals surface area contributed by atoms with Gasteiger partial charge in [-0.2, -0.15) is 0 Å². The maximum atomic E-state index is 13.3. The van der Waals surface area contributed by atoms with Crippen LogP contribution < -0.4 is 16.7 Å². The molecule has 206 valence electrons. The van der Waals surface area contributed by atoms with Crippen LogP contribution in [-0.4, -0.2) is 80.8 Å². The van der Waals surface area contributed by atoms with Gasteiger partial charge in [-0.3, -0.25) is 19.2 Å². The number of ether oxygens (including phenoxy) is 1. The summed E-state index contributed by atoms with van der Waals surface area (Å²) in [6.45, 7) is 5.48. The lowest BCUT2D eigenvalue weighted by Gasteiger charge is -2.39. The first-order valence-electron chi connectivity index (χ1n) is 13.8. The van der Waals surface area contributed by atoms with Crippen molar-refractivity contribution in [1.82, 2.24) is 24.3 Å². The predicted octanol–water partition coefficient (Wildman–Crippen LogP) is 2.41. The Labute approximate surface area is 221 Å². The molecule has 3 N–H and O–H groups in total.